The first-order chi connectivity index (χ1) is 8.29. The van der Waals surface area contributed by atoms with Crippen LogP contribution in [0.1, 0.15) is 0 Å². The topological polar surface area (TPSA) is 48.5 Å². The van der Waals surface area contributed by atoms with Crippen LogP contribution in [0, 0.1) is 0 Å². The van der Waals surface area contributed by atoms with Crippen LogP contribution < -0.4 is 10.2 Å². The van der Waals surface area contributed by atoms with Crippen molar-refractivity contribution in [2.24, 2.45) is 0 Å². The number of likely N-dealkylation sites (N-methyl/N-ethyl adjacent to an activating group) is 1. The van der Waals surface area contributed by atoms with Crippen molar-refractivity contribution in [2.45, 2.75) is 0 Å². The monoisotopic (exact) mass is 234 g/mol. The zero-order valence-corrected chi connectivity index (χ0v) is 10.1. The molecule has 17 heavy (non-hydrogen) atoms. The first-order valence-corrected chi connectivity index (χ1v) is 5.88. The molecule has 1 aromatic rings. The number of nitrogens with one attached hydrogen (secondary N) is 1. The first-order valence-electron chi connectivity index (χ1n) is 5.88. The molecule has 1 saturated heterocycles. The second kappa shape index (κ2) is 5.63. The Hall–Kier alpha value is -1.62. The minimum atomic E-state index is 0.0799. The number of rotatable bonds is 3. The van der Waals surface area contributed by atoms with Crippen molar-refractivity contribution in [3.8, 4) is 0 Å². The van der Waals surface area contributed by atoms with Crippen molar-refractivity contribution in [3.63, 3.8) is 0 Å². The highest BCUT2D eigenvalue weighted by Gasteiger charge is 2.18. The van der Waals surface area contributed by atoms with Gasteiger partial charge in [-0.15, -0.1) is 0 Å². The summed E-state index contributed by atoms with van der Waals surface area (Å²) in [6, 6.07) is 5.94. The first kappa shape index (κ1) is 11.9. The highest BCUT2D eigenvalue weighted by molar-refractivity contribution is 5.77. The van der Waals surface area contributed by atoms with E-state index in [9.17, 15) is 4.79 Å². The van der Waals surface area contributed by atoms with E-state index >= 15 is 0 Å². The van der Waals surface area contributed by atoms with Crippen molar-refractivity contribution >= 4 is 11.7 Å². The molecule has 1 amide bonds. The number of carbonyl (C=O) groups is 1. The molecule has 5 heteroatoms. The average Bonchev–Trinajstić information content (AvgIpc) is 2.40. The molecule has 0 atom stereocenters. The van der Waals surface area contributed by atoms with Crippen LogP contribution in [-0.2, 0) is 4.79 Å². The van der Waals surface area contributed by atoms with E-state index in [0.717, 1.165) is 32.0 Å². The largest absolute Gasteiger partial charge is 0.358 e. The van der Waals surface area contributed by atoms with Gasteiger partial charge in [-0.2, -0.15) is 0 Å². The normalized spacial score (nSPS) is 16.9. The maximum Gasteiger partial charge on any atom is 0.233 e. The van der Waals surface area contributed by atoms with Crippen LogP contribution in [0.4, 0.5) is 5.82 Å². The smallest absolute Gasteiger partial charge is 0.233 e. The lowest BCUT2D eigenvalue weighted by atomic mass is 10.3. The lowest BCUT2D eigenvalue weighted by Crippen LogP contribution is -2.49. The van der Waals surface area contributed by atoms with E-state index in [1.165, 1.54) is 0 Å². The average molecular weight is 234 g/mol. The predicted octanol–water partition coefficient (Wildman–Crippen LogP) is -0.0504. The van der Waals surface area contributed by atoms with E-state index in [1.807, 2.05) is 24.4 Å². The predicted molar refractivity (Wildman–Crippen MR) is 67.0 cm³/mol. The molecule has 1 fully saturated rings. The number of aromatic nitrogens is 1. The minimum Gasteiger partial charge on any atom is -0.358 e. The van der Waals surface area contributed by atoms with Gasteiger partial charge in [-0.1, -0.05) is 6.07 Å². The Balaban J connectivity index is 1.84. The van der Waals surface area contributed by atoms with E-state index in [2.05, 4.69) is 20.1 Å². The molecule has 0 bridgehead atoms. The van der Waals surface area contributed by atoms with Gasteiger partial charge in [-0.3, -0.25) is 9.69 Å². The molecule has 92 valence electrons. The maximum atomic E-state index is 11.3. The van der Waals surface area contributed by atoms with Crippen molar-refractivity contribution in [2.75, 3.05) is 44.7 Å². The molecule has 0 radical (unpaired) electrons. The molecule has 0 spiro atoms. The Morgan fingerprint density at radius 3 is 2.71 bits per heavy atom. The maximum absolute atomic E-state index is 11.3. The number of anilines is 1. The molecule has 0 saturated carbocycles. The van der Waals surface area contributed by atoms with E-state index in [4.69, 9.17) is 0 Å². The van der Waals surface area contributed by atoms with Crippen molar-refractivity contribution in [3.05, 3.63) is 24.4 Å². The van der Waals surface area contributed by atoms with Gasteiger partial charge in [0.1, 0.15) is 5.82 Å². The summed E-state index contributed by atoms with van der Waals surface area (Å²) >= 11 is 0. The highest BCUT2D eigenvalue weighted by Crippen LogP contribution is 2.11. The van der Waals surface area contributed by atoms with Gasteiger partial charge in [0.25, 0.3) is 0 Å². The van der Waals surface area contributed by atoms with Crippen molar-refractivity contribution in [1.82, 2.24) is 15.2 Å². The number of nitrogens with zero attached hydrogens (tertiary/aromatic N) is 3. The van der Waals surface area contributed by atoms with E-state index in [-0.39, 0.29) is 5.91 Å². The molecule has 1 N–H and O–H groups in total. The summed E-state index contributed by atoms with van der Waals surface area (Å²) in [5, 5.41) is 2.65. The second-order valence-corrected chi connectivity index (χ2v) is 4.12. The molecule has 1 aliphatic heterocycles. The molecule has 0 unspecified atom stereocenters. The molecule has 1 aromatic heterocycles. The summed E-state index contributed by atoms with van der Waals surface area (Å²) in [6.07, 6.45) is 1.81. The van der Waals surface area contributed by atoms with Crippen LogP contribution in [0.5, 0.6) is 0 Å². The summed E-state index contributed by atoms with van der Waals surface area (Å²) < 4.78 is 0. The van der Waals surface area contributed by atoms with Gasteiger partial charge in [-0.25, -0.2) is 4.98 Å². The van der Waals surface area contributed by atoms with Gasteiger partial charge in [0.15, 0.2) is 0 Å². The van der Waals surface area contributed by atoms with Crippen molar-refractivity contribution < 1.29 is 4.79 Å². The highest BCUT2D eigenvalue weighted by atomic mass is 16.1. The van der Waals surface area contributed by atoms with Gasteiger partial charge < -0.3 is 10.2 Å². The van der Waals surface area contributed by atoms with Crippen molar-refractivity contribution in [1.29, 1.82) is 0 Å². The third-order valence-electron chi connectivity index (χ3n) is 2.99. The molecule has 2 rings (SSSR count). The Morgan fingerprint density at radius 1 is 1.35 bits per heavy atom. The van der Waals surface area contributed by atoms with Crippen LogP contribution in [0.25, 0.3) is 0 Å². The van der Waals surface area contributed by atoms with Gasteiger partial charge in [-0.05, 0) is 12.1 Å². The molecule has 1 aliphatic rings. The minimum absolute atomic E-state index is 0.0799. The van der Waals surface area contributed by atoms with Gasteiger partial charge in [0, 0.05) is 39.4 Å². The zero-order valence-electron chi connectivity index (χ0n) is 10.1. The molecular weight excluding hydrogens is 216 g/mol. The molecule has 0 aliphatic carbocycles. The van der Waals surface area contributed by atoms with Crippen LogP contribution in [-0.4, -0.2) is 55.6 Å². The third-order valence-corrected chi connectivity index (χ3v) is 2.99. The quantitative estimate of drug-likeness (QED) is 0.796. The Labute approximate surface area is 101 Å². The zero-order chi connectivity index (χ0) is 12.1. The van der Waals surface area contributed by atoms with E-state index in [1.54, 1.807) is 7.05 Å². The molecular formula is C12H18N4O. The number of hydrogen-bond acceptors (Lipinski definition) is 4. The summed E-state index contributed by atoms with van der Waals surface area (Å²) in [4.78, 5) is 20.0. The van der Waals surface area contributed by atoms with E-state index in [0.29, 0.717) is 6.54 Å². The van der Waals surface area contributed by atoms with Crippen LogP contribution in [0.15, 0.2) is 24.4 Å². The van der Waals surface area contributed by atoms with Crippen LogP contribution in [0.2, 0.25) is 0 Å². The fraction of sp³-hybridized carbons (Fsp3) is 0.500. The van der Waals surface area contributed by atoms with Crippen LogP contribution in [0.3, 0.4) is 0 Å². The van der Waals surface area contributed by atoms with E-state index < -0.39 is 0 Å². The van der Waals surface area contributed by atoms with Gasteiger partial charge in [0.2, 0.25) is 5.91 Å². The summed E-state index contributed by atoms with van der Waals surface area (Å²) in [6.45, 7) is 4.16. The fourth-order valence-corrected chi connectivity index (χ4v) is 1.96. The summed E-state index contributed by atoms with van der Waals surface area (Å²) in [5.74, 6) is 1.10. The molecule has 2 heterocycles. The SMILES string of the molecule is CNC(=O)CN1CCN(c2ccccn2)CC1. The lowest BCUT2D eigenvalue weighted by molar-refractivity contribution is -0.121. The van der Waals surface area contributed by atoms with Crippen LogP contribution >= 0.6 is 0 Å². The molecule has 0 aromatic carbocycles. The Morgan fingerprint density at radius 2 is 2.12 bits per heavy atom. The molecule has 5 nitrogen and oxygen atoms in total. The Bertz CT molecular complexity index is 360. The Kier molecular flexibility index (Phi) is 3.93. The number of amides is 1. The summed E-state index contributed by atoms with van der Waals surface area (Å²) in [5.41, 5.74) is 0. The fourth-order valence-electron chi connectivity index (χ4n) is 1.96. The lowest BCUT2D eigenvalue weighted by Gasteiger charge is -2.34. The van der Waals surface area contributed by atoms with Gasteiger partial charge >= 0.3 is 0 Å². The number of pyridine rings is 1. The number of piperazine rings is 1. The number of carbonyl (C=O) groups excluding carboxylic acids is 1. The standard InChI is InChI=1S/C12H18N4O/c1-13-12(17)10-15-6-8-16(9-7-15)11-4-2-3-5-14-11/h2-5H,6-10H2,1H3,(H,13,17). The number of hydrogen-bond donors (Lipinski definition) is 1. The van der Waals surface area contributed by atoms with Gasteiger partial charge in [0.05, 0.1) is 6.54 Å². The third kappa shape index (κ3) is 3.17. The summed E-state index contributed by atoms with van der Waals surface area (Å²) in [7, 11) is 1.67. The second-order valence-electron chi connectivity index (χ2n) is 4.12.